The van der Waals surface area contributed by atoms with Gasteiger partial charge in [0.25, 0.3) is 0 Å². The van der Waals surface area contributed by atoms with E-state index in [-0.39, 0.29) is 36.8 Å². The van der Waals surface area contributed by atoms with Gasteiger partial charge in [-0.3, -0.25) is 9.59 Å². The predicted molar refractivity (Wildman–Crippen MR) is 77.9 cm³/mol. The van der Waals surface area contributed by atoms with Crippen LogP contribution in [-0.4, -0.2) is 29.3 Å². The molecule has 114 valence electrons. The molecule has 0 spiro atoms. The smallest absolute Gasteiger partial charge is 0.239 e. The van der Waals surface area contributed by atoms with E-state index in [0.717, 1.165) is 25.7 Å². The fraction of sp³-hybridized carbons (Fsp3) is 0.500. The van der Waals surface area contributed by atoms with Crippen LogP contribution in [0.1, 0.15) is 38.2 Å². The van der Waals surface area contributed by atoms with Crippen LogP contribution in [0.15, 0.2) is 24.3 Å². The Bertz CT molecular complexity index is 513. The minimum Gasteiger partial charge on any atom is -0.352 e. The second-order valence-electron chi connectivity index (χ2n) is 5.52. The number of hydrogen-bond donors (Lipinski definition) is 1. The third-order valence-corrected chi connectivity index (χ3v) is 3.82. The van der Waals surface area contributed by atoms with E-state index in [1.54, 1.807) is 18.2 Å². The molecule has 0 heterocycles. The first-order valence-corrected chi connectivity index (χ1v) is 7.34. The molecule has 1 aliphatic carbocycles. The number of rotatable bonds is 5. The van der Waals surface area contributed by atoms with Crippen LogP contribution in [0.25, 0.3) is 0 Å². The molecule has 1 fully saturated rings. The van der Waals surface area contributed by atoms with Crippen molar-refractivity contribution >= 4 is 11.8 Å². The van der Waals surface area contributed by atoms with Crippen molar-refractivity contribution in [1.82, 2.24) is 10.2 Å². The Morgan fingerprint density at radius 2 is 1.95 bits per heavy atom. The predicted octanol–water partition coefficient (Wildman–Crippen LogP) is 2.23. The summed E-state index contributed by atoms with van der Waals surface area (Å²) in [6, 6.07) is 6.52. The summed E-state index contributed by atoms with van der Waals surface area (Å²) in [6.45, 7) is 1.48. The van der Waals surface area contributed by atoms with E-state index in [4.69, 9.17) is 0 Å². The number of hydrogen-bond acceptors (Lipinski definition) is 2. The van der Waals surface area contributed by atoms with Crippen molar-refractivity contribution in [2.45, 2.75) is 45.2 Å². The summed E-state index contributed by atoms with van der Waals surface area (Å²) in [6.07, 6.45) is 4.27. The van der Waals surface area contributed by atoms with Gasteiger partial charge in [-0.2, -0.15) is 0 Å². The fourth-order valence-electron chi connectivity index (χ4n) is 2.63. The van der Waals surface area contributed by atoms with Crippen molar-refractivity contribution < 1.29 is 14.0 Å². The number of halogens is 1. The van der Waals surface area contributed by atoms with Gasteiger partial charge in [-0.15, -0.1) is 0 Å². The molecule has 2 amide bonds. The van der Waals surface area contributed by atoms with Crippen LogP contribution in [-0.2, 0) is 16.1 Å². The second kappa shape index (κ2) is 7.20. The number of amides is 2. The van der Waals surface area contributed by atoms with Gasteiger partial charge in [0.2, 0.25) is 11.8 Å². The monoisotopic (exact) mass is 292 g/mol. The van der Waals surface area contributed by atoms with E-state index in [9.17, 15) is 14.0 Å². The van der Waals surface area contributed by atoms with Crippen molar-refractivity contribution in [3.05, 3.63) is 35.6 Å². The van der Waals surface area contributed by atoms with Gasteiger partial charge in [0.15, 0.2) is 0 Å². The van der Waals surface area contributed by atoms with E-state index < -0.39 is 0 Å². The molecule has 0 bridgehead atoms. The molecule has 1 saturated carbocycles. The summed E-state index contributed by atoms with van der Waals surface area (Å²) >= 11 is 0. The summed E-state index contributed by atoms with van der Waals surface area (Å²) in [4.78, 5) is 25.0. The third-order valence-electron chi connectivity index (χ3n) is 3.82. The van der Waals surface area contributed by atoms with Gasteiger partial charge < -0.3 is 10.2 Å². The highest BCUT2D eigenvalue weighted by Crippen LogP contribution is 2.17. The van der Waals surface area contributed by atoms with E-state index >= 15 is 0 Å². The molecule has 4 nitrogen and oxygen atoms in total. The molecule has 0 atom stereocenters. The Kier molecular flexibility index (Phi) is 5.31. The maximum Gasteiger partial charge on any atom is 0.239 e. The van der Waals surface area contributed by atoms with Gasteiger partial charge in [-0.1, -0.05) is 31.0 Å². The first kappa shape index (κ1) is 15.5. The second-order valence-corrected chi connectivity index (χ2v) is 5.52. The molecule has 0 saturated heterocycles. The van der Waals surface area contributed by atoms with Crippen LogP contribution >= 0.6 is 0 Å². The van der Waals surface area contributed by atoms with Crippen LogP contribution in [0.4, 0.5) is 4.39 Å². The largest absolute Gasteiger partial charge is 0.352 e. The van der Waals surface area contributed by atoms with Gasteiger partial charge in [-0.05, 0) is 18.9 Å². The summed E-state index contributed by atoms with van der Waals surface area (Å²) in [7, 11) is 0. The number of benzene rings is 1. The molecule has 2 rings (SSSR count). The van der Waals surface area contributed by atoms with E-state index in [1.807, 2.05) is 0 Å². The molecule has 5 heteroatoms. The van der Waals surface area contributed by atoms with Gasteiger partial charge in [0.05, 0.1) is 6.54 Å². The average Bonchev–Trinajstić information content (AvgIpc) is 2.93. The molecular weight excluding hydrogens is 271 g/mol. The lowest BCUT2D eigenvalue weighted by molar-refractivity contribution is -0.135. The van der Waals surface area contributed by atoms with Crippen LogP contribution in [0.3, 0.4) is 0 Å². The third kappa shape index (κ3) is 4.55. The van der Waals surface area contributed by atoms with Gasteiger partial charge >= 0.3 is 0 Å². The quantitative estimate of drug-likeness (QED) is 0.904. The van der Waals surface area contributed by atoms with Crippen LogP contribution in [0, 0.1) is 5.82 Å². The minimum atomic E-state index is -0.361. The summed E-state index contributed by atoms with van der Waals surface area (Å²) < 4.78 is 13.6. The van der Waals surface area contributed by atoms with Gasteiger partial charge in [0, 0.05) is 25.1 Å². The van der Waals surface area contributed by atoms with Crippen molar-refractivity contribution in [3.8, 4) is 0 Å². The van der Waals surface area contributed by atoms with Crippen molar-refractivity contribution in [2.24, 2.45) is 0 Å². The highest BCUT2D eigenvalue weighted by Gasteiger charge is 2.20. The van der Waals surface area contributed by atoms with Crippen LogP contribution in [0.5, 0.6) is 0 Å². The van der Waals surface area contributed by atoms with Crippen molar-refractivity contribution in [1.29, 1.82) is 0 Å². The Balaban J connectivity index is 1.94. The zero-order valence-electron chi connectivity index (χ0n) is 12.3. The standard InChI is InChI=1S/C16H21FN2O2/c1-12(20)19(10-13-6-2-5-9-15(13)17)11-16(21)18-14-7-3-4-8-14/h2,5-6,9,14H,3-4,7-8,10-11H2,1H3,(H,18,21). The molecule has 0 radical (unpaired) electrons. The summed E-state index contributed by atoms with van der Waals surface area (Å²) in [5.41, 5.74) is 0.418. The van der Waals surface area contributed by atoms with Crippen LogP contribution < -0.4 is 5.32 Å². The Hall–Kier alpha value is -1.91. The van der Waals surface area contributed by atoms with E-state index in [1.165, 1.54) is 17.9 Å². The Morgan fingerprint density at radius 1 is 1.29 bits per heavy atom. The Labute approximate surface area is 124 Å². The molecule has 1 aromatic rings. The van der Waals surface area contributed by atoms with E-state index in [2.05, 4.69) is 5.32 Å². The minimum absolute atomic E-state index is 0.0276. The first-order valence-electron chi connectivity index (χ1n) is 7.34. The lowest BCUT2D eigenvalue weighted by Crippen LogP contribution is -2.42. The molecule has 0 aliphatic heterocycles. The lowest BCUT2D eigenvalue weighted by atomic mass is 10.2. The summed E-state index contributed by atoms with van der Waals surface area (Å²) in [5, 5.41) is 2.94. The van der Waals surface area contributed by atoms with Crippen molar-refractivity contribution in [2.75, 3.05) is 6.54 Å². The number of carbonyl (C=O) groups is 2. The molecule has 1 aliphatic rings. The van der Waals surface area contributed by atoms with E-state index in [0.29, 0.717) is 5.56 Å². The zero-order chi connectivity index (χ0) is 15.2. The van der Waals surface area contributed by atoms with Crippen molar-refractivity contribution in [3.63, 3.8) is 0 Å². The Morgan fingerprint density at radius 3 is 2.57 bits per heavy atom. The average molecular weight is 292 g/mol. The molecule has 0 aromatic heterocycles. The molecule has 1 N–H and O–H groups in total. The SMILES string of the molecule is CC(=O)N(CC(=O)NC1CCCC1)Cc1ccccc1F. The molecule has 0 unspecified atom stereocenters. The lowest BCUT2D eigenvalue weighted by Gasteiger charge is -2.22. The highest BCUT2D eigenvalue weighted by molar-refractivity contribution is 5.83. The molecule has 21 heavy (non-hydrogen) atoms. The maximum absolute atomic E-state index is 13.6. The number of nitrogens with one attached hydrogen (secondary N) is 1. The first-order chi connectivity index (χ1) is 10.1. The normalized spacial score (nSPS) is 15.0. The number of nitrogens with zero attached hydrogens (tertiary/aromatic N) is 1. The zero-order valence-corrected chi connectivity index (χ0v) is 12.3. The molecular formula is C16H21FN2O2. The van der Waals surface area contributed by atoms with Gasteiger partial charge in [-0.25, -0.2) is 4.39 Å². The molecule has 1 aromatic carbocycles. The number of carbonyl (C=O) groups excluding carboxylic acids is 2. The van der Waals surface area contributed by atoms with Crippen LogP contribution in [0.2, 0.25) is 0 Å². The topological polar surface area (TPSA) is 49.4 Å². The fourth-order valence-corrected chi connectivity index (χ4v) is 2.63. The van der Waals surface area contributed by atoms with Gasteiger partial charge in [0.1, 0.15) is 5.82 Å². The summed E-state index contributed by atoms with van der Waals surface area (Å²) in [5.74, 6) is -0.770. The maximum atomic E-state index is 13.6. The highest BCUT2D eigenvalue weighted by atomic mass is 19.1.